The minimum Gasteiger partial charge on any atom is -0.460 e. The Morgan fingerprint density at radius 2 is 1.45 bits per heavy atom. The fourth-order valence-corrected chi connectivity index (χ4v) is 3.57. The standard InChI is InChI=1S/C28H31NO2/c1-21-15-17-24(18-16-21)27(29-20-22-11-7-5-8-12-22)25(23-13-9-6-10-14-23)19-26(30)31-28(2,3)4/h5-18,20,25,27H,19H2,1-4H3/t25-,27+/m0/s1. The number of rotatable bonds is 7. The van der Waals surface area contributed by atoms with Crippen LogP contribution in [0.4, 0.5) is 0 Å². The molecule has 0 fully saturated rings. The number of hydrogen-bond acceptors (Lipinski definition) is 3. The minimum atomic E-state index is -0.523. The molecular formula is C28H31NO2. The van der Waals surface area contributed by atoms with Gasteiger partial charge in [-0.1, -0.05) is 90.5 Å². The van der Waals surface area contributed by atoms with E-state index >= 15 is 0 Å². The highest BCUT2D eigenvalue weighted by Gasteiger charge is 2.29. The Kier molecular flexibility index (Phi) is 7.41. The van der Waals surface area contributed by atoms with Crippen LogP contribution >= 0.6 is 0 Å². The summed E-state index contributed by atoms with van der Waals surface area (Å²) in [7, 11) is 0. The van der Waals surface area contributed by atoms with Gasteiger partial charge in [-0.25, -0.2) is 0 Å². The predicted octanol–water partition coefficient (Wildman–Crippen LogP) is 6.67. The van der Waals surface area contributed by atoms with Crippen molar-refractivity contribution in [2.75, 3.05) is 0 Å². The smallest absolute Gasteiger partial charge is 0.307 e. The first-order chi connectivity index (χ1) is 14.8. The number of nitrogens with zero attached hydrogens (tertiary/aromatic N) is 1. The molecule has 160 valence electrons. The maximum atomic E-state index is 12.8. The molecule has 0 aromatic heterocycles. The summed E-state index contributed by atoms with van der Waals surface area (Å²) in [5, 5.41) is 0. The van der Waals surface area contributed by atoms with Crippen molar-refractivity contribution >= 4 is 12.2 Å². The molecule has 2 atom stereocenters. The van der Waals surface area contributed by atoms with E-state index in [1.807, 2.05) is 75.5 Å². The summed E-state index contributed by atoms with van der Waals surface area (Å²) in [6.07, 6.45) is 2.15. The lowest BCUT2D eigenvalue weighted by Gasteiger charge is -2.27. The quantitative estimate of drug-likeness (QED) is 0.320. The van der Waals surface area contributed by atoms with Gasteiger partial charge >= 0.3 is 5.97 Å². The summed E-state index contributed by atoms with van der Waals surface area (Å²) in [6.45, 7) is 7.76. The number of aryl methyl sites for hydroxylation is 1. The number of ether oxygens (including phenoxy) is 1. The summed E-state index contributed by atoms with van der Waals surface area (Å²) >= 11 is 0. The zero-order valence-corrected chi connectivity index (χ0v) is 18.8. The van der Waals surface area contributed by atoms with Crippen LogP contribution in [0.25, 0.3) is 0 Å². The van der Waals surface area contributed by atoms with E-state index in [4.69, 9.17) is 9.73 Å². The lowest BCUT2D eigenvalue weighted by atomic mass is 9.84. The van der Waals surface area contributed by atoms with Crippen molar-refractivity contribution in [3.63, 3.8) is 0 Å². The van der Waals surface area contributed by atoms with Gasteiger partial charge in [0, 0.05) is 12.1 Å². The Hall–Kier alpha value is -3.20. The van der Waals surface area contributed by atoms with Crippen molar-refractivity contribution in [3.8, 4) is 0 Å². The Labute approximate surface area is 185 Å². The number of aliphatic imine (C=N–C) groups is 1. The monoisotopic (exact) mass is 413 g/mol. The molecule has 3 heteroatoms. The van der Waals surface area contributed by atoms with Crippen molar-refractivity contribution < 1.29 is 9.53 Å². The molecule has 0 aliphatic carbocycles. The molecule has 0 N–H and O–H groups in total. The van der Waals surface area contributed by atoms with Crippen molar-refractivity contribution in [2.45, 2.75) is 51.7 Å². The van der Waals surface area contributed by atoms with Gasteiger partial charge < -0.3 is 4.74 Å². The number of hydrogen-bond donors (Lipinski definition) is 0. The Balaban J connectivity index is 2.02. The number of carbonyl (C=O) groups is 1. The fourth-order valence-electron chi connectivity index (χ4n) is 3.57. The highest BCUT2D eigenvalue weighted by molar-refractivity contribution is 5.80. The molecule has 0 radical (unpaired) electrons. The molecular weight excluding hydrogens is 382 g/mol. The van der Waals surface area contributed by atoms with Crippen LogP contribution in [0, 0.1) is 6.92 Å². The number of esters is 1. The van der Waals surface area contributed by atoms with Crippen LogP contribution in [0.5, 0.6) is 0 Å². The number of benzene rings is 3. The van der Waals surface area contributed by atoms with E-state index in [9.17, 15) is 4.79 Å². The number of carbonyl (C=O) groups excluding carboxylic acids is 1. The lowest BCUT2D eigenvalue weighted by Crippen LogP contribution is -2.26. The molecule has 3 rings (SSSR count). The SMILES string of the molecule is Cc1ccc([C@@H](N=Cc2ccccc2)[C@@H](CC(=O)OC(C)(C)C)c2ccccc2)cc1. The first kappa shape index (κ1) is 22.5. The third-order valence-corrected chi connectivity index (χ3v) is 5.02. The van der Waals surface area contributed by atoms with E-state index in [2.05, 4.69) is 43.3 Å². The second-order valence-corrected chi connectivity index (χ2v) is 8.85. The van der Waals surface area contributed by atoms with E-state index in [0.29, 0.717) is 0 Å². The van der Waals surface area contributed by atoms with Crippen LogP contribution in [0.3, 0.4) is 0 Å². The topological polar surface area (TPSA) is 38.7 Å². The second kappa shape index (κ2) is 10.2. The third kappa shape index (κ3) is 6.92. The zero-order chi connectivity index (χ0) is 22.3. The van der Waals surface area contributed by atoms with Gasteiger partial charge in [0.05, 0.1) is 12.5 Å². The Morgan fingerprint density at radius 3 is 2.03 bits per heavy atom. The summed E-state index contributed by atoms with van der Waals surface area (Å²) in [4.78, 5) is 17.8. The van der Waals surface area contributed by atoms with Gasteiger partial charge in [-0.05, 0) is 44.4 Å². The predicted molar refractivity (Wildman–Crippen MR) is 128 cm³/mol. The molecule has 31 heavy (non-hydrogen) atoms. The van der Waals surface area contributed by atoms with E-state index in [0.717, 1.165) is 16.7 Å². The molecule has 0 spiro atoms. The first-order valence-corrected chi connectivity index (χ1v) is 10.7. The van der Waals surface area contributed by atoms with Crippen LogP contribution in [-0.2, 0) is 9.53 Å². The molecule has 3 nitrogen and oxygen atoms in total. The van der Waals surface area contributed by atoms with E-state index in [1.54, 1.807) is 0 Å². The highest BCUT2D eigenvalue weighted by atomic mass is 16.6. The van der Waals surface area contributed by atoms with Gasteiger partial charge in [0.15, 0.2) is 0 Å². The molecule has 0 unspecified atom stereocenters. The molecule has 3 aromatic carbocycles. The molecule has 0 aliphatic heterocycles. The van der Waals surface area contributed by atoms with Crippen LogP contribution in [0.2, 0.25) is 0 Å². The third-order valence-electron chi connectivity index (χ3n) is 5.02. The van der Waals surface area contributed by atoms with Gasteiger partial charge in [0.2, 0.25) is 0 Å². The van der Waals surface area contributed by atoms with Crippen LogP contribution in [0.15, 0.2) is 89.9 Å². The lowest BCUT2D eigenvalue weighted by molar-refractivity contribution is -0.155. The fraction of sp³-hybridized carbons (Fsp3) is 0.286. The first-order valence-electron chi connectivity index (χ1n) is 10.7. The van der Waals surface area contributed by atoms with Crippen LogP contribution in [-0.4, -0.2) is 17.8 Å². The van der Waals surface area contributed by atoms with Gasteiger partial charge in [-0.3, -0.25) is 9.79 Å². The van der Waals surface area contributed by atoms with Gasteiger partial charge in [0.25, 0.3) is 0 Å². The molecule has 0 amide bonds. The van der Waals surface area contributed by atoms with Crippen LogP contribution in [0.1, 0.15) is 61.4 Å². The molecule has 0 aliphatic rings. The average molecular weight is 414 g/mol. The molecule has 0 saturated carbocycles. The zero-order valence-electron chi connectivity index (χ0n) is 18.8. The second-order valence-electron chi connectivity index (χ2n) is 8.85. The largest absolute Gasteiger partial charge is 0.460 e. The van der Waals surface area contributed by atoms with E-state index < -0.39 is 5.60 Å². The van der Waals surface area contributed by atoms with Gasteiger partial charge in [0.1, 0.15) is 5.60 Å². The molecule has 3 aromatic rings. The van der Waals surface area contributed by atoms with Gasteiger partial charge in [-0.15, -0.1) is 0 Å². The van der Waals surface area contributed by atoms with Crippen molar-refractivity contribution in [1.29, 1.82) is 0 Å². The molecule has 0 bridgehead atoms. The summed E-state index contributed by atoms with van der Waals surface area (Å²) in [6, 6.07) is 28.4. The van der Waals surface area contributed by atoms with Crippen LogP contribution < -0.4 is 0 Å². The minimum absolute atomic E-state index is 0.140. The van der Waals surface area contributed by atoms with Crippen molar-refractivity contribution in [1.82, 2.24) is 0 Å². The van der Waals surface area contributed by atoms with Crippen molar-refractivity contribution in [3.05, 3.63) is 107 Å². The summed E-state index contributed by atoms with van der Waals surface area (Å²) < 4.78 is 5.67. The summed E-state index contributed by atoms with van der Waals surface area (Å²) in [5.74, 6) is -0.355. The Bertz CT molecular complexity index is 987. The molecule has 0 heterocycles. The van der Waals surface area contributed by atoms with Crippen molar-refractivity contribution in [2.24, 2.45) is 4.99 Å². The maximum Gasteiger partial charge on any atom is 0.307 e. The molecule has 0 saturated heterocycles. The van der Waals surface area contributed by atoms with E-state index in [1.165, 1.54) is 5.56 Å². The Morgan fingerprint density at radius 1 is 0.871 bits per heavy atom. The van der Waals surface area contributed by atoms with Gasteiger partial charge in [-0.2, -0.15) is 0 Å². The maximum absolute atomic E-state index is 12.8. The van der Waals surface area contributed by atoms with E-state index in [-0.39, 0.29) is 24.3 Å². The average Bonchev–Trinajstić information content (AvgIpc) is 2.74. The summed E-state index contributed by atoms with van der Waals surface area (Å²) in [5.41, 5.74) is 3.85. The normalized spacial score (nSPS) is 13.7. The highest BCUT2D eigenvalue weighted by Crippen LogP contribution is 2.37.